The standard InChI is InChI=1S/C18H30N2O3/c1-13(2)10-16(19)18(21)20-12-15-7-6-14(3)11-17(15)23-9-5-8-22-4/h6-7,11,13,16H,5,8-10,12,19H2,1-4H3,(H,20,21)/t16-/m0/s1. The Hall–Kier alpha value is -1.59. The average molecular weight is 322 g/mol. The number of ether oxygens (including phenoxy) is 2. The molecule has 0 heterocycles. The summed E-state index contributed by atoms with van der Waals surface area (Å²) in [6.45, 7) is 7.80. The van der Waals surface area contributed by atoms with Gasteiger partial charge in [-0.05, 0) is 30.9 Å². The average Bonchev–Trinajstić information content (AvgIpc) is 2.49. The van der Waals surface area contributed by atoms with Crippen LogP contribution in [0.4, 0.5) is 0 Å². The fourth-order valence-corrected chi connectivity index (χ4v) is 2.26. The Morgan fingerprint density at radius 1 is 1.30 bits per heavy atom. The second kappa shape index (κ2) is 10.2. The van der Waals surface area contributed by atoms with E-state index in [9.17, 15) is 4.79 Å². The van der Waals surface area contributed by atoms with Crippen molar-refractivity contribution in [1.29, 1.82) is 0 Å². The third kappa shape index (κ3) is 7.48. The third-order valence-corrected chi connectivity index (χ3v) is 3.49. The van der Waals surface area contributed by atoms with Crippen LogP contribution in [0.25, 0.3) is 0 Å². The van der Waals surface area contributed by atoms with Gasteiger partial charge in [0.05, 0.1) is 12.6 Å². The summed E-state index contributed by atoms with van der Waals surface area (Å²) in [5.41, 5.74) is 7.98. The molecule has 1 aromatic rings. The monoisotopic (exact) mass is 322 g/mol. The van der Waals surface area contributed by atoms with Gasteiger partial charge in [0.2, 0.25) is 5.91 Å². The molecular formula is C18H30N2O3. The Kier molecular flexibility index (Phi) is 8.66. The topological polar surface area (TPSA) is 73.6 Å². The lowest BCUT2D eigenvalue weighted by Crippen LogP contribution is -2.41. The molecule has 130 valence electrons. The van der Waals surface area contributed by atoms with Crippen molar-refractivity contribution in [3.05, 3.63) is 29.3 Å². The molecule has 5 heteroatoms. The maximum atomic E-state index is 12.0. The zero-order valence-corrected chi connectivity index (χ0v) is 14.7. The molecule has 0 fully saturated rings. The number of benzene rings is 1. The molecule has 0 saturated heterocycles. The minimum Gasteiger partial charge on any atom is -0.493 e. The molecule has 0 unspecified atom stereocenters. The number of rotatable bonds is 10. The van der Waals surface area contributed by atoms with E-state index in [0.29, 0.717) is 32.1 Å². The normalized spacial score (nSPS) is 12.3. The molecule has 1 aromatic carbocycles. The number of aryl methyl sites for hydroxylation is 1. The number of methoxy groups -OCH3 is 1. The quantitative estimate of drug-likeness (QED) is 0.649. The number of nitrogens with two attached hydrogens (primary N) is 1. The van der Waals surface area contributed by atoms with Gasteiger partial charge in [-0.1, -0.05) is 26.0 Å². The van der Waals surface area contributed by atoms with Gasteiger partial charge in [-0.15, -0.1) is 0 Å². The van der Waals surface area contributed by atoms with Crippen LogP contribution < -0.4 is 15.8 Å². The fraction of sp³-hybridized carbons (Fsp3) is 0.611. The van der Waals surface area contributed by atoms with Gasteiger partial charge in [-0.3, -0.25) is 4.79 Å². The molecule has 0 aliphatic carbocycles. The molecule has 0 aliphatic heterocycles. The van der Waals surface area contributed by atoms with Gasteiger partial charge in [0, 0.05) is 32.2 Å². The first kappa shape index (κ1) is 19.5. The summed E-state index contributed by atoms with van der Waals surface area (Å²) in [6.07, 6.45) is 1.51. The summed E-state index contributed by atoms with van der Waals surface area (Å²) in [5, 5.41) is 2.90. The Labute approximate surface area is 139 Å². The third-order valence-electron chi connectivity index (χ3n) is 3.49. The van der Waals surface area contributed by atoms with Crippen LogP contribution in [0.15, 0.2) is 18.2 Å². The highest BCUT2D eigenvalue weighted by molar-refractivity contribution is 5.81. The molecule has 0 aliphatic rings. The molecule has 1 atom stereocenters. The molecule has 1 rings (SSSR count). The SMILES string of the molecule is COCCCOc1cc(C)ccc1CNC(=O)[C@@H](N)CC(C)C. The van der Waals surface area contributed by atoms with Crippen LogP contribution in [0.3, 0.4) is 0 Å². The first-order valence-electron chi connectivity index (χ1n) is 8.18. The second-order valence-corrected chi connectivity index (χ2v) is 6.26. The van der Waals surface area contributed by atoms with E-state index in [0.717, 1.165) is 23.3 Å². The van der Waals surface area contributed by atoms with Gasteiger partial charge >= 0.3 is 0 Å². The van der Waals surface area contributed by atoms with E-state index in [4.69, 9.17) is 15.2 Å². The van der Waals surface area contributed by atoms with E-state index in [1.807, 2.05) is 25.1 Å². The molecule has 0 radical (unpaired) electrons. The van der Waals surface area contributed by atoms with Gasteiger partial charge in [-0.2, -0.15) is 0 Å². The van der Waals surface area contributed by atoms with Crippen molar-refractivity contribution in [3.63, 3.8) is 0 Å². The Bertz CT molecular complexity index is 489. The van der Waals surface area contributed by atoms with Crippen LogP contribution in [0.5, 0.6) is 5.75 Å². The highest BCUT2D eigenvalue weighted by atomic mass is 16.5. The van der Waals surface area contributed by atoms with E-state index in [-0.39, 0.29) is 5.91 Å². The van der Waals surface area contributed by atoms with Gasteiger partial charge in [0.15, 0.2) is 0 Å². The molecule has 0 aromatic heterocycles. The Morgan fingerprint density at radius 3 is 2.70 bits per heavy atom. The van der Waals surface area contributed by atoms with Crippen molar-refractivity contribution in [1.82, 2.24) is 5.32 Å². The lowest BCUT2D eigenvalue weighted by molar-refractivity contribution is -0.122. The Morgan fingerprint density at radius 2 is 2.04 bits per heavy atom. The number of carbonyl (C=O) groups excluding carboxylic acids is 1. The summed E-state index contributed by atoms with van der Waals surface area (Å²) in [4.78, 5) is 12.0. The minimum absolute atomic E-state index is 0.121. The largest absolute Gasteiger partial charge is 0.493 e. The summed E-state index contributed by atoms with van der Waals surface area (Å²) in [7, 11) is 1.67. The maximum Gasteiger partial charge on any atom is 0.237 e. The smallest absolute Gasteiger partial charge is 0.237 e. The summed E-state index contributed by atoms with van der Waals surface area (Å²) in [5.74, 6) is 1.08. The molecule has 0 saturated carbocycles. The van der Waals surface area contributed by atoms with E-state index < -0.39 is 6.04 Å². The number of hydrogen-bond donors (Lipinski definition) is 2. The first-order valence-corrected chi connectivity index (χ1v) is 8.18. The van der Waals surface area contributed by atoms with Crippen LogP contribution in [0.2, 0.25) is 0 Å². The van der Waals surface area contributed by atoms with Crippen LogP contribution in [0, 0.1) is 12.8 Å². The Balaban J connectivity index is 2.59. The number of hydrogen-bond acceptors (Lipinski definition) is 4. The van der Waals surface area contributed by atoms with Crippen molar-refractivity contribution in [2.75, 3.05) is 20.3 Å². The van der Waals surface area contributed by atoms with Crippen molar-refractivity contribution in [2.45, 2.75) is 46.2 Å². The van der Waals surface area contributed by atoms with Crippen LogP contribution in [-0.2, 0) is 16.1 Å². The van der Waals surface area contributed by atoms with Crippen molar-refractivity contribution in [2.24, 2.45) is 11.7 Å². The molecule has 1 amide bonds. The van der Waals surface area contributed by atoms with Crippen molar-refractivity contribution >= 4 is 5.91 Å². The van der Waals surface area contributed by atoms with Crippen LogP contribution >= 0.6 is 0 Å². The fourth-order valence-electron chi connectivity index (χ4n) is 2.26. The molecule has 5 nitrogen and oxygen atoms in total. The maximum absolute atomic E-state index is 12.0. The number of amides is 1. The van der Waals surface area contributed by atoms with Gasteiger partial charge in [-0.25, -0.2) is 0 Å². The van der Waals surface area contributed by atoms with Gasteiger partial charge < -0.3 is 20.5 Å². The molecule has 23 heavy (non-hydrogen) atoms. The molecular weight excluding hydrogens is 292 g/mol. The highest BCUT2D eigenvalue weighted by Gasteiger charge is 2.15. The summed E-state index contributed by atoms with van der Waals surface area (Å²) < 4.78 is 10.8. The molecule has 0 bridgehead atoms. The van der Waals surface area contributed by atoms with E-state index in [2.05, 4.69) is 19.2 Å². The summed E-state index contributed by atoms with van der Waals surface area (Å²) >= 11 is 0. The number of nitrogens with one attached hydrogen (secondary N) is 1. The van der Waals surface area contributed by atoms with E-state index in [1.54, 1.807) is 7.11 Å². The van der Waals surface area contributed by atoms with Crippen molar-refractivity contribution < 1.29 is 14.3 Å². The zero-order chi connectivity index (χ0) is 17.2. The lowest BCUT2D eigenvalue weighted by atomic mass is 10.0. The van der Waals surface area contributed by atoms with Crippen LogP contribution in [-0.4, -0.2) is 32.3 Å². The minimum atomic E-state index is -0.466. The zero-order valence-electron chi connectivity index (χ0n) is 14.7. The summed E-state index contributed by atoms with van der Waals surface area (Å²) in [6, 6.07) is 5.52. The van der Waals surface area contributed by atoms with E-state index in [1.165, 1.54) is 0 Å². The van der Waals surface area contributed by atoms with E-state index >= 15 is 0 Å². The predicted octanol–water partition coefficient (Wildman–Crippen LogP) is 2.40. The molecule has 3 N–H and O–H groups in total. The highest BCUT2D eigenvalue weighted by Crippen LogP contribution is 2.20. The number of carbonyl (C=O) groups is 1. The van der Waals surface area contributed by atoms with Gasteiger partial charge in [0.25, 0.3) is 0 Å². The second-order valence-electron chi connectivity index (χ2n) is 6.26. The predicted molar refractivity (Wildman–Crippen MR) is 92.4 cm³/mol. The molecule has 0 spiro atoms. The lowest BCUT2D eigenvalue weighted by Gasteiger charge is -2.16. The van der Waals surface area contributed by atoms with Crippen LogP contribution in [0.1, 0.15) is 37.8 Å². The van der Waals surface area contributed by atoms with Gasteiger partial charge in [0.1, 0.15) is 5.75 Å². The first-order chi connectivity index (χ1) is 10.9. The van der Waals surface area contributed by atoms with Crippen molar-refractivity contribution in [3.8, 4) is 5.75 Å².